The molecule has 0 aliphatic carbocycles. The number of benzene rings is 2. The lowest BCUT2D eigenvalue weighted by Crippen LogP contribution is -2.07. The highest BCUT2D eigenvalue weighted by Gasteiger charge is 2.07. The van der Waals surface area contributed by atoms with Gasteiger partial charge >= 0.3 is 0 Å². The second-order valence-corrected chi connectivity index (χ2v) is 7.48. The summed E-state index contributed by atoms with van der Waals surface area (Å²) in [7, 11) is 1.60. The first-order chi connectivity index (χ1) is 13.6. The Morgan fingerprint density at radius 2 is 2.04 bits per heavy atom. The van der Waals surface area contributed by atoms with Crippen LogP contribution in [0.4, 0.5) is 5.13 Å². The quantitative estimate of drug-likeness (QED) is 0.465. The van der Waals surface area contributed by atoms with Crippen LogP contribution in [0.5, 0.6) is 11.5 Å². The first-order valence-electron chi connectivity index (χ1n) is 8.60. The first-order valence-corrected chi connectivity index (χ1v) is 10.3. The number of nitrogens with zero attached hydrogens (tertiary/aromatic N) is 1. The van der Waals surface area contributed by atoms with Crippen molar-refractivity contribution >= 4 is 44.4 Å². The molecule has 0 aliphatic heterocycles. The fourth-order valence-corrected chi connectivity index (χ4v) is 3.60. The van der Waals surface area contributed by atoms with E-state index < -0.39 is 0 Å². The minimum absolute atomic E-state index is 0.255. The molecule has 144 valence electrons. The lowest BCUT2D eigenvalue weighted by molar-refractivity contribution is -0.111. The molecule has 0 aliphatic rings. The van der Waals surface area contributed by atoms with Crippen LogP contribution >= 0.6 is 27.3 Å². The van der Waals surface area contributed by atoms with E-state index in [1.165, 1.54) is 17.4 Å². The molecule has 1 amide bonds. The summed E-state index contributed by atoms with van der Waals surface area (Å²) in [6.45, 7) is 2.58. The van der Waals surface area contributed by atoms with Gasteiger partial charge < -0.3 is 9.47 Å². The summed E-state index contributed by atoms with van der Waals surface area (Å²) in [5, 5.41) is 5.24. The number of hydrogen-bond acceptors (Lipinski definition) is 5. The SMILES string of the molecule is CCOc1ccc(-c2csc(NC(=O)/C=C/c3cc(Br)ccc3OC)n2)cc1. The molecular weight excluding hydrogens is 440 g/mol. The molecule has 0 radical (unpaired) electrons. The number of amides is 1. The molecule has 3 aromatic rings. The van der Waals surface area contributed by atoms with E-state index in [1.807, 2.05) is 54.8 Å². The van der Waals surface area contributed by atoms with Crippen molar-refractivity contribution in [2.75, 3.05) is 19.0 Å². The molecule has 0 atom stereocenters. The Kier molecular flexibility index (Phi) is 6.84. The third-order valence-electron chi connectivity index (χ3n) is 3.80. The second kappa shape index (κ2) is 9.52. The lowest BCUT2D eigenvalue weighted by atomic mass is 10.2. The van der Waals surface area contributed by atoms with Crippen molar-refractivity contribution in [3.8, 4) is 22.8 Å². The molecule has 0 unspecified atom stereocenters. The zero-order valence-electron chi connectivity index (χ0n) is 15.4. The first kappa shape index (κ1) is 20.1. The van der Waals surface area contributed by atoms with Crippen molar-refractivity contribution in [1.82, 2.24) is 4.98 Å². The van der Waals surface area contributed by atoms with Gasteiger partial charge in [0.05, 0.1) is 19.4 Å². The minimum Gasteiger partial charge on any atom is -0.496 e. The number of nitrogens with one attached hydrogen (secondary N) is 1. The number of carbonyl (C=O) groups excluding carboxylic acids is 1. The van der Waals surface area contributed by atoms with Gasteiger partial charge in [0.1, 0.15) is 11.5 Å². The molecule has 28 heavy (non-hydrogen) atoms. The molecule has 1 aromatic heterocycles. The minimum atomic E-state index is -0.255. The Hall–Kier alpha value is -2.64. The molecule has 7 heteroatoms. The van der Waals surface area contributed by atoms with Crippen LogP contribution in [0, 0.1) is 0 Å². The monoisotopic (exact) mass is 458 g/mol. The van der Waals surface area contributed by atoms with E-state index in [-0.39, 0.29) is 5.91 Å². The zero-order chi connectivity index (χ0) is 19.9. The number of rotatable bonds is 7. The zero-order valence-corrected chi connectivity index (χ0v) is 17.8. The Morgan fingerprint density at radius 3 is 2.75 bits per heavy atom. The van der Waals surface area contributed by atoms with E-state index >= 15 is 0 Å². The van der Waals surface area contributed by atoms with E-state index in [4.69, 9.17) is 9.47 Å². The van der Waals surface area contributed by atoms with Gasteiger partial charge in [-0.1, -0.05) is 15.9 Å². The number of methoxy groups -OCH3 is 1. The van der Waals surface area contributed by atoms with Crippen molar-refractivity contribution in [2.45, 2.75) is 6.92 Å². The van der Waals surface area contributed by atoms with Crippen molar-refractivity contribution in [3.05, 3.63) is 64.0 Å². The highest BCUT2D eigenvalue weighted by atomic mass is 79.9. The van der Waals surface area contributed by atoms with Gasteiger partial charge in [0.2, 0.25) is 5.91 Å². The third kappa shape index (κ3) is 5.21. The maximum absolute atomic E-state index is 12.2. The molecule has 0 saturated carbocycles. The normalized spacial score (nSPS) is 10.8. The standard InChI is InChI=1S/C21H19BrN2O3S/c1-3-27-17-8-4-14(5-9-17)18-13-28-21(23-18)24-20(25)11-6-15-12-16(22)7-10-19(15)26-2/h4-13H,3H2,1-2H3,(H,23,24,25)/b11-6+. The number of ether oxygens (including phenoxy) is 2. The largest absolute Gasteiger partial charge is 0.496 e. The number of carbonyl (C=O) groups is 1. The molecule has 1 N–H and O–H groups in total. The van der Waals surface area contributed by atoms with Crippen LogP contribution in [0.15, 0.2) is 58.4 Å². The van der Waals surface area contributed by atoms with E-state index in [0.717, 1.165) is 27.0 Å². The Labute approximate surface area is 176 Å². The Balaban J connectivity index is 1.66. The van der Waals surface area contributed by atoms with Gasteiger partial charge in [-0.25, -0.2) is 4.98 Å². The second-order valence-electron chi connectivity index (χ2n) is 5.70. The number of thiazole rings is 1. The van der Waals surface area contributed by atoms with Crippen LogP contribution in [0.25, 0.3) is 17.3 Å². The van der Waals surface area contributed by atoms with Gasteiger partial charge in [-0.15, -0.1) is 11.3 Å². The summed E-state index contributed by atoms with van der Waals surface area (Å²) in [6.07, 6.45) is 3.17. The van der Waals surface area contributed by atoms with Gasteiger partial charge in [0.15, 0.2) is 5.13 Å². The molecule has 5 nitrogen and oxygen atoms in total. The van der Waals surface area contributed by atoms with Crippen LogP contribution in [-0.2, 0) is 4.79 Å². The van der Waals surface area contributed by atoms with Crippen molar-refractivity contribution in [2.24, 2.45) is 0 Å². The van der Waals surface area contributed by atoms with Gasteiger partial charge in [-0.05, 0) is 55.5 Å². The lowest BCUT2D eigenvalue weighted by Gasteiger charge is -2.04. The van der Waals surface area contributed by atoms with Gasteiger partial charge in [0, 0.05) is 27.1 Å². The van der Waals surface area contributed by atoms with Gasteiger partial charge in [-0.2, -0.15) is 0 Å². The van der Waals surface area contributed by atoms with E-state index in [1.54, 1.807) is 13.2 Å². The van der Waals surface area contributed by atoms with Crippen LogP contribution in [0.2, 0.25) is 0 Å². The summed E-state index contributed by atoms with van der Waals surface area (Å²) in [6, 6.07) is 13.3. The Morgan fingerprint density at radius 1 is 1.25 bits per heavy atom. The third-order valence-corrected chi connectivity index (χ3v) is 5.05. The average molecular weight is 459 g/mol. The number of aromatic nitrogens is 1. The molecule has 3 rings (SSSR count). The maximum atomic E-state index is 12.2. The topological polar surface area (TPSA) is 60.5 Å². The summed E-state index contributed by atoms with van der Waals surface area (Å²) in [5.41, 5.74) is 2.58. The summed E-state index contributed by atoms with van der Waals surface area (Å²) in [5.74, 6) is 1.26. The highest BCUT2D eigenvalue weighted by Crippen LogP contribution is 2.27. The van der Waals surface area contributed by atoms with Crippen LogP contribution in [0.3, 0.4) is 0 Å². The van der Waals surface area contributed by atoms with Crippen molar-refractivity contribution in [3.63, 3.8) is 0 Å². The van der Waals surface area contributed by atoms with Crippen LogP contribution in [0.1, 0.15) is 12.5 Å². The molecule has 0 bridgehead atoms. The number of anilines is 1. The highest BCUT2D eigenvalue weighted by molar-refractivity contribution is 9.10. The van der Waals surface area contributed by atoms with Crippen LogP contribution in [-0.4, -0.2) is 24.6 Å². The number of halogens is 1. The molecule has 2 aromatic carbocycles. The predicted octanol–water partition coefficient (Wildman–Crippen LogP) is 5.63. The summed E-state index contributed by atoms with van der Waals surface area (Å²) < 4.78 is 11.7. The number of hydrogen-bond donors (Lipinski definition) is 1. The maximum Gasteiger partial charge on any atom is 0.250 e. The van der Waals surface area contributed by atoms with E-state index in [2.05, 4.69) is 26.2 Å². The van der Waals surface area contributed by atoms with Crippen molar-refractivity contribution in [1.29, 1.82) is 0 Å². The fourth-order valence-electron chi connectivity index (χ4n) is 2.50. The van der Waals surface area contributed by atoms with Crippen LogP contribution < -0.4 is 14.8 Å². The molecule has 0 saturated heterocycles. The average Bonchev–Trinajstić information content (AvgIpc) is 3.16. The smallest absolute Gasteiger partial charge is 0.250 e. The Bertz CT molecular complexity index is 984. The van der Waals surface area contributed by atoms with Gasteiger partial charge in [-0.3, -0.25) is 10.1 Å². The molecule has 0 spiro atoms. The summed E-state index contributed by atoms with van der Waals surface area (Å²) in [4.78, 5) is 16.7. The molecular formula is C21H19BrN2O3S. The molecule has 0 fully saturated rings. The predicted molar refractivity (Wildman–Crippen MR) is 117 cm³/mol. The van der Waals surface area contributed by atoms with E-state index in [9.17, 15) is 4.79 Å². The van der Waals surface area contributed by atoms with Gasteiger partial charge in [0.25, 0.3) is 0 Å². The van der Waals surface area contributed by atoms with E-state index in [0.29, 0.717) is 17.5 Å². The summed E-state index contributed by atoms with van der Waals surface area (Å²) >= 11 is 4.80. The molecule has 1 heterocycles. The van der Waals surface area contributed by atoms with Crippen molar-refractivity contribution < 1.29 is 14.3 Å². The fraction of sp³-hybridized carbons (Fsp3) is 0.143.